The van der Waals surface area contributed by atoms with Gasteiger partial charge in [-0.2, -0.15) is 0 Å². The lowest BCUT2D eigenvalue weighted by molar-refractivity contribution is -0.125. The number of amides is 2. The summed E-state index contributed by atoms with van der Waals surface area (Å²) in [4.78, 5) is 35.3. The summed E-state index contributed by atoms with van der Waals surface area (Å²) in [6, 6.07) is 5.23. The topological polar surface area (TPSA) is 84.5 Å². The molecule has 0 spiro atoms. The fourth-order valence-electron chi connectivity index (χ4n) is 3.24. The Hall–Kier alpha value is -2.37. The molecule has 0 aromatic heterocycles. The molecule has 6 nitrogen and oxygen atoms in total. The van der Waals surface area contributed by atoms with E-state index >= 15 is 0 Å². The third kappa shape index (κ3) is 4.13. The number of anilines is 1. The first-order valence-corrected chi connectivity index (χ1v) is 8.51. The summed E-state index contributed by atoms with van der Waals surface area (Å²) in [6.07, 6.45) is 6.50. The lowest BCUT2D eigenvalue weighted by atomic mass is 9.95. The lowest BCUT2D eigenvalue weighted by Crippen LogP contribution is -2.38. The fourth-order valence-corrected chi connectivity index (χ4v) is 3.24. The average Bonchev–Trinajstić information content (AvgIpc) is 2.60. The van der Waals surface area contributed by atoms with Crippen LogP contribution >= 0.6 is 0 Å². The number of ether oxygens (including phenoxy) is 1. The van der Waals surface area contributed by atoms with Crippen LogP contribution in [0.25, 0.3) is 0 Å². The van der Waals surface area contributed by atoms with E-state index < -0.39 is 5.97 Å². The zero-order chi connectivity index (χ0) is 16.9. The summed E-state index contributed by atoms with van der Waals surface area (Å²) >= 11 is 0. The first-order valence-electron chi connectivity index (χ1n) is 8.51. The summed E-state index contributed by atoms with van der Waals surface area (Å²) in [5.74, 6) is -0.786. The van der Waals surface area contributed by atoms with Crippen molar-refractivity contribution in [3.63, 3.8) is 0 Å². The van der Waals surface area contributed by atoms with E-state index in [-0.39, 0.29) is 24.5 Å². The molecule has 2 aliphatic rings. The molecule has 1 aromatic carbocycles. The van der Waals surface area contributed by atoms with E-state index in [2.05, 4.69) is 10.6 Å². The highest BCUT2D eigenvalue weighted by Crippen LogP contribution is 2.24. The van der Waals surface area contributed by atoms with E-state index in [4.69, 9.17) is 4.74 Å². The molecule has 1 fully saturated rings. The van der Waals surface area contributed by atoms with Gasteiger partial charge >= 0.3 is 5.97 Å². The number of carbonyl (C=O) groups excluding carboxylic acids is 3. The molecule has 6 heteroatoms. The SMILES string of the molecule is O=C1CCc2cc(C(=O)OCC(=O)NC3CCCCC3)ccc2N1. The van der Waals surface area contributed by atoms with E-state index in [0.717, 1.165) is 36.9 Å². The molecule has 24 heavy (non-hydrogen) atoms. The van der Waals surface area contributed by atoms with Crippen LogP contribution in [-0.2, 0) is 20.7 Å². The molecule has 3 rings (SSSR count). The third-order valence-corrected chi connectivity index (χ3v) is 4.54. The summed E-state index contributed by atoms with van der Waals surface area (Å²) in [5, 5.41) is 5.68. The minimum absolute atomic E-state index is 0.0165. The Morgan fingerprint density at radius 2 is 1.96 bits per heavy atom. The Labute approximate surface area is 140 Å². The van der Waals surface area contributed by atoms with Gasteiger partial charge in [0, 0.05) is 18.2 Å². The van der Waals surface area contributed by atoms with Crippen molar-refractivity contribution in [2.24, 2.45) is 0 Å². The van der Waals surface area contributed by atoms with Crippen molar-refractivity contribution in [1.82, 2.24) is 5.32 Å². The van der Waals surface area contributed by atoms with E-state index in [1.165, 1.54) is 6.42 Å². The van der Waals surface area contributed by atoms with Crippen molar-refractivity contribution in [3.8, 4) is 0 Å². The van der Waals surface area contributed by atoms with E-state index in [1.807, 2.05) is 0 Å². The number of benzene rings is 1. The molecule has 0 unspecified atom stereocenters. The van der Waals surface area contributed by atoms with Crippen LogP contribution in [0.15, 0.2) is 18.2 Å². The standard InChI is InChI=1S/C18H22N2O4/c21-16-9-7-12-10-13(6-8-15(12)20-16)18(23)24-11-17(22)19-14-4-2-1-3-5-14/h6,8,10,14H,1-5,7,9,11H2,(H,19,22)(H,20,21). The van der Waals surface area contributed by atoms with Gasteiger partial charge in [-0.15, -0.1) is 0 Å². The van der Waals surface area contributed by atoms with Crippen LogP contribution < -0.4 is 10.6 Å². The lowest BCUT2D eigenvalue weighted by Gasteiger charge is -2.22. The second-order valence-corrected chi connectivity index (χ2v) is 6.40. The largest absolute Gasteiger partial charge is 0.452 e. The maximum atomic E-state index is 12.1. The second kappa shape index (κ2) is 7.47. The van der Waals surface area contributed by atoms with E-state index in [0.29, 0.717) is 18.4 Å². The maximum Gasteiger partial charge on any atom is 0.338 e. The first kappa shape index (κ1) is 16.5. The Bertz CT molecular complexity index is 650. The first-order chi connectivity index (χ1) is 11.6. The van der Waals surface area contributed by atoms with Gasteiger partial charge in [0.15, 0.2) is 6.61 Å². The van der Waals surface area contributed by atoms with Crippen LogP contribution in [0, 0.1) is 0 Å². The molecule has 1 aliphatic heterocycles. The van der Waals surface area contributed by atoms with Gasteiger partial charge in [-0.1, -0.05) is 19.3 Å². The maximum absolute atomic E-state index is 12.1. The number of nitrogens with one attached hydrogen (secondary N) is 2. The van der Waals surface area contributed by atoms with Crippen LogP contribution in [0.2, 0.25) is 0 Å². The Balaban J connectivity index is 1.51. The van der Waals surface area contributed by atoms with Gasteiger partial charge in [-0.3, -0.25) is 9.59 Å². The van der Waals surface area contributed by atoms with Crippen molar-refractivity contribution in [2.45, 2.75) is 51.0 Å². The average molecular weight is 330 g/mol. The molecule has 0 bridgehead atoms. The molecular weight excluding hydrogens is 308 g/mol. The van der Waals surface area contributed by atoms with Crippen LogP contribution in [-0.4, -0.2) is 30.4 Å². The van der Waals surface area contributed by atoms with Gasteiger partial charge in [-0.05, 0) is 43.0 Å². The molecule has 2 amide bonds. The van der Waals surface area contributed by atoms with Crippen LogP contribution in [0.3, 0.4) is 0 Å². The summed E-state index contributed by atoms with van der Waals surface area (Å²) in [7, 11) is 0. The molecule has 0 atom stereocenters. The zero-order valence-electron chi connectivity index (χ0n) is 13.6. The predicted octanol–water partition coefficient (Wildman–Crippen LogP) is 2.18. The zero-order valence-corrected chi connectivity index (χ0v) is 13.6. The van der Waals surface area contributed by atoms with Crippen molar-refractivity contribution in [2.75, 3.05) is 11.9 Å². The van der Waals surface area contributed by atoms with Crippen molar-refractivity contribution in [1.29, 1.82) is 0 Å². The van der Waals surface area contributed by atoms with E-state index in [9.17, 15) is 14.4 Å². The smallest absolute Gasteiger partial charge is 0.338 e. The second-order valence-electron chi connectivity index (χ2n) is 6.40. The van der Waals surface area contributed by atoms with Gasteiger partial charge in [0.25, 0.3) is 5.91 Å². The number of hydrogen-bond donors (Lipinski definition) is 2. The molecule has 1 heterocycles. The quantitative estimate of drug-likeness (QED) is 0.829. The minimum Gasteiger partial charge on any atom is -0.452 e. The number of carbonyl (C=O) groups is 3. The Kier molecular flexibility index (Phi) is 5.13. The summed E-state index contributed by atoms with van der Waals surface area (Å²) in [5.41, 5.74) is 2.05. The highest BCUT2D eigenvalue weighted by molar-refractivity contribution is 5.96. The molecular formula is C18H22N2O4. The molecule has 1 aromatic rings. The van der Waals surface area contributed by atoms with Crippen LogP contribution in [0.4, 0.5) is 5.69 Å². The fraction of sp³-hybridized carbons (Fsp3) is 0.500. The monoisotopic (exact) mass is 330 g/mol. The molecule has 1 saturated carbocycles. The van der Waals surface area contributed by atoms with Crippen molar-refractivity contribution >= 4 is 23.5 Å². The molecule has 1 aliphatic carbocycles. The van der Waals surface area contributed by atoms with Crippen molar-refractivity contribution in [3.05, 3.63) is 29.3 Å². The number of aryl methyl sites for hydroxylation is 1. The van der Waals surface area contributed by atoms with Gasteiger partial charge < -0.3 is 15.4 Å². The number of esters is 1. The van der Waals surface area contributed by atoms with Gasteiger partial charge in [0.2, 0.25) is 5.91 Å². The molecule has 0 saturated heterocycles. The molecule has 0 radical (unpaired) electrons. The number of rotatable bonds is 4. The van der Waals surface area contributed by atoms with Gasteiger partial charge in [0.05, 0.1) is 5.56 Å². The van der Waals surface area contributed by atoms with Crippen molar-refractivity contribution < 1.29 is 19.1 Å². The van der Waals surface area contributed by atoms with Crippen LogP contribution in [0.1, 0.15) is 54.4 Å². The summed E-state index contributed by atoms with van der Waals surface area (Å²) in [6.45, 7) is -0.261. The van der Waals surface area contributed by atoms with Gasteiger partial charge in [0.1, 0.15) is 0 Å². The number of fused-ring (bicyclic) bond motifs is 1. The molecule has 2 N–H and O–H groups in total. The number of hydrogen-bond acceptors (Lipinski definition) is 4. The normalized spacial score (nSPS) is 17.6. The summed E-state index contributed by atoms with van der Waals surface area (Å²) < 4.78 is 5.11. The highest BCUT2D eigenvalue weighted by atomic mass is 16.5. The highest BCUT2D eigenvalue weighted by Gasteiger charge is 2.19. The van der Waals surface area contributed by atoms with Gasteiger partial charge in [-0.25, -0.2) is 4.79 Å². The molecule has 128 valence electrons. The minimum atomic E-state index is -0.520. The Morgan fingerprint density at radius 3 is 2.75 bits per heavy atom. The van der Waals surface area contributed by atoms with Crippen LogP contribution in [0.5, 0.6) is 0 Å². The van der Waals surface area contributed by atoms with E-state index in [1.54, 1.807) is 18.2 Å². The Morgan fingerprint density at radius 1 is 1.17 bits per heavy atom. The predicted molar refractivity (Wildman–Crippen MR) is 88.7 cm³/mol. The third-order valence-electron chi connectivity index (χ3n) is 4.54.